The van der Waals surface area contributed by atoms with Gasteiger partial charge >= 0.3 is 0 Å². The van der Waals surface area contributed by atoms with Crippen molar-refractivity contribution >= 4 is 0 Å². The Balaban J connectivity index is 1.61. The Morgan fingerprint density at radius 3 is 2.26 bits per heavy atom. The maximum absolute atomic E-state index is 6.60. The molecule has 4 aliphatic carbocycles. The summed E-state index contributed by atoms with van der Waals surface area (Å²) >= 11 is 0. The Labute approximate surface area is 115 Å². The summed E-state index contributed by atoms with van der Waals surface area (Å²) in [6.45, 7) is 2.11. The molecule has 2 atom stereocenters. The monoisotopic (exact) mass is 257 g/mol. The number of rotatable bonds is 2. The molecule has 1 aromatic rings. The Morgan fingerprint density at radius 1 is 1.05 bits per heavy atom. The highest BCUT2D eigenvalue weighted by molar-refractivity contribution is 5.28. The van der Waals surface area contributed by atoms with Crippen molar-refractivity contribution in [1.82, 2.24) is 0 Å². The highest BCUT2D eigenvalue weighted by Crippen LogP contribution is 2.57. The van der Waals surface area contributed by atoms with Crippen molar-refractivity contribution in [3.05, 3.63) is 29.8 Å². The molecule has 2 N–H and O–H groups in total. The van der Waals surface area contributed by atoms with Gasteiger partial charge in [0.05, 0.1) is 0 Å². The zero-order valence-corrected chi connectivity index (χ0v) is 11.7. The normalized spacial score (nSPS) is 43.5. The molecule has 5 rings (SSSR count). The predicted octanol–water partition coefficient (Wildman–Crippen LogP) is 3.42. The summed E-state index contributed by atoms with van der Waals surface area (Å²) in [5.74, 6) is 2.63. The molecule has 0 aliphatic heterocycles. The first-order valence-electron chi connectivity index (χ1n) is 7.59. The van der Waals surface area contributed by atoms with Crippen LogP contribution in [0.2, 0.25) is 0 Å². The molecule has 0 spiro atoms. The fourth-order valence-electron chi connectivity index (χ4n) is 5.22. The lowest BCUT2D eigenvalue weighted by atomic mass is 9.51. The fourth-order valence-corrected chi connectivity index (χ4v) is 5.22. The van der Waals surface area contributed by atoms with Crippen LogP contribution in [0.1, 0.15) is 44.1 Å². The van der Waals surface area contributed by atoms with Crippen LogP contribution >= 0.6 is 0 Å². The zero-order valence-electron chi connectivity index (χ0n) is 11.7. The van der Waals surface area contributed by atoms with Crippen LogP contribution < -0.4 is 10.5 Å². The molecular formula is C17H23NO. The van der Waals surface area contributed by atoms with E-state index in [2.05, 4.69) is 31.2 Å². The summed E-state index contributed by atoms with van der Waals surface area (Å²) in [7, 11) is 0. The van der Waals surface area contributed by atoms with Crippen LogP contribution in [0.15, 0.2) is 24.3 Å². The molecule has 4 fully saturated rings. The lowest BCUT2D eigenvalue weighted by Gasteiger charge is -2.60. The smallest absolute Gasteiger partial charge is 0.120 e. The van der Waals surface area contributed by atoms with Crippen molar-refractivity contribution in [2.45, 2.75) is 56.6 Å². The summed E-state index contributed by atoms with van der Waals surface area (Å²) in [6.07, 6.45) is 7.33. The maximum Gasteiger partial charge on any atom is 0.120 e. The molecule has 4 saturated carbocycles. The van der Waals surface area contributed by atoms with Gasteiger partial charge < -0.3 is 10.5 Å². The average molecular weight is 257 g/mol. The average Bonchev–Trinajstić information content (AvgIpc) is 2.28. The number of hydrogen-bond acceptors (Lipinski definition) is 2. The van der Waals surface area contributed by atoms with E-state index in [9.17, 15) is 0 Å². The second-order valence-electron chi connectivity index (χ2n) is 7.42. The van der Waals surface area contributed by atoms with E-state index in [1.165, 1.54) is 37.7 Å². The molecule has 4 bridgehead atoms. The first-order valence-corrected chi connectivity index (χ1v) is 7.59. The highest BCUT2D eigenvalue weighted by Gasteiger charge is 2.57. The van der Waals surface area contributed by atoms with Crippen LogP contribution in [-0.4, -0.2) is 11.1 Å². The molecular weight excluding hydrogens is 234 g/mol. The van der Waals surface area contributed by atoms with E-state index in [1.54, 1.807) is 0 Å². The van der Waals surface area contributed by atoms with Gasteiger partial charge in [-0.15, -0.1) is 0 Å². The van der Waals surface area contributed by atoms with E-state index >= 15 is 0 Å². The first kappa shape index (κ1) is 11.8. The van der Waals surface area contributed by atoms with E-state index in [1.807, 2.05) is 0 Å². The van der Waals surface area contributed by atoms with Gasteiger partial charge in [-0.3, -0.25) is 0 Å². The molecule has 0 saturated heterocycles. The molecule has 2 unspecified atom stereocenters. The van der Waals surface area contributed by atoms with E-state index in [0.29, 0.717) is 0 Å². The second kappa shape index (κ2) is 3.76. The van der Waals surface area contributed by atoms with Crippen LogP contribution in [0.4, 0.5) is 0 Å². The third kappa shape index (κ3) is 1.97. The maximum atomic E-state index is 6.60. The number of ether oxygens (including phenoxy) is 1. The lowest BCUT2D eigenvalue weighted by Crippen LogP contribution is -2.64. The SMILES string of the molecule is Cc1ccc(OC23CC4CC(CC(N)(C4)C2)C3)cc1. The topological polar surface area (TPSA) is 35.2 Å². The molecule has 0 heterocycles. The number of aryl methyl sites for hydroxylation is 1. The van der Waals surface area contributed by atoms with Crippen molar-refractivity contribution in [3.63, 3.8) is 0 Å². The minimum absolute atomic E-state index is 0.0358. The summed E-state index contributed by atoms with van der Waals surface area (Å²) in [4.78, 5) is 0. The van der Waals surface area contributed by atoms with Gasteiger partial charge in [0.2, 0.25) is 0 Å². The molecule has 1 aromatic carbocycles. The van der Waals surface area contributed by atoms with Gasteiger partial charge in [0, 0.05) is 12.0 Å². The Hall–Kier alpha value is -1.02. The van der Waals surface area contributed by atoms with E-state index in [-0.39, 0.29) is 11.1 Å². The molecule has 19 heavy (non-hydrogen) atoms. The summed E-state index contributed by atoms with van der Waals surface area (Å²) < 4.78 is 6.45. The quantitative estimate of drug-likeness (QED) is 0.881. The molecule has 4 aliphatic rings. The number of nitrogens with two attached hydrogens (primary N) is 1. The van der Waals surface area contributed by atoms with E-state index in [0.717, 1.165) is 24.0 Å². The van der Waals surface area contributed by atoms with Crippen LogP contribution in [0.3, 0.4) is 0 Å². The third-order valence-electron chi connectivity index (χ3n) is 5.41. The van der Waals surface area contributed by atoms with Gasteiger partial charge in [-0.2, -0.15) is 0 Å². The Kier molecular flexibility index (Phi) is 2.33. The lowest BCUT2D eigenvalue weighted by molar-refractivity contribution is -0.117. The highest BCUT2D eigenvalue weighted by atomic mass is 16.5. The second-order valence-corrected chi connectivity index (χ2v) is 7.42. The molecule has 0 amide bonds. The van der Waals surface area contributed by atoms with Crippen molar-refractivity contribution in [3.8, 4) is 5.75 Å². The van der Waals surface area contributed by atoms with Crippen LogP contribution in [0.5, 0.6) is 5.75 Å². The largest absolute Gasteiger partial charge is 0.487 e. The number of benzene rings is 1. The van der Waals surface area contributed by atoms with E-state index in [4.69, 9.17) is 10.5 Å². The Morgan fingerprint density at radius 2 is 1.68 bits per heavy atom. The van der Waals surface area contributed by atoms with Gasteiger partial charge in [0.1, 0.15) is 11.4 Å². The predicted molar refractivity (Wildman–Crippen MR) is 76.1 cm³/mol. The van der Waals surface area contributed by atoms with Gasteiger partial charge in [-0.25, -0.2) is 0 Å². The molecule has 0 radical (unpaired) electrons. The summed E-state index contributed by atoms with van der Waals surface area (Å²) in [6, 6.07) is 8.48. The van der Waals surface area contributed by atoms with Gasteiger partial charge in [-0.1, -0.05) is 17.7 Å². The fraction of sp³-hybridized carbons (Fsp3) is 0.647. The molecule has 102 valence electrons. The van der Waals surface area contributed by atoms with Gasteiger partial charge in [-0.05, 0) is 63.0 Å². The van der Waals surface area contributed by atoms with E-state index < -0.39 is 0 Å². The molecule has 2 nitrogen and oxygen atoms in total. The van der Waals surface area contributed by atoms with Crippen molar-refractivity contribution < 1.29 is 4.74 Å². The molecule has 2 heteroatoms. The minimum Gasteiger partial charge on any atom is -0.487 e. The van der Waals surface area contributed by atoms with Crippen molar-refractivity contribution in [1.29, 1.82) is 0 Å². The summed E-state index contributed by atoms with van der Waals surface area (Å²) in [5.41, 5.74) is 7.99. The van der Waals surface area contributed by atoms with Crippen LogP contribution in [0, 0.1) is 18.8 Å². The van der Waals surface area contributed by atoms with Gasteiger partial charge in [0.25, 0.3) is 0 Å². The molecule has 0 aromatic heterocycles. The van der Waals surface area contributed by atoms with Crippen LogP contribution in [-0.2, 0) is 0 Å². The van der Waals surface area contributed by atoms with Gasteiger partial charge in [0.15, 0.2) is 0 Å². The Bertz CT molecular complexity index is 478. The first-order chi connectivity index (χ1) is 9.04. The standard InChI is InChI=1S/C17H23NO/c1-12-2-4-15(5-3-12)19-17-9-13-6-14(10-17)8-16(18,7-13)11-17/h2-5,13-14H,6-11,18H2,1H3. The number of hydrogen-bond donors (Lipinski definition) is 1. The minimum atomic E-state index is 0.0358. The summed E-state index contributed by atoms with van der Waals surface area (Å²) in [5, 5.41) is 0. The zero-order chi connectivity index (χ0) is 13.1. The third-order valence-corrected chi connectivity index (χ3v) is 5.41. The van der Waals surface area contributed by atoms with Crippen molar-refractivity contribution in [2.75, 3.05) is 0 Å². The van der Waals surface area contributed by atoms with Crippen molar-refractivity contribution in [2.24, 2.45) is 17.6 Å². The van der Waals surface area contributed by atoms with Crippen LogP contribution in [0.25, 0.3) is 0 Å².